The molecule has 0 spiro atoms. The number of rotatable bonds is 3. The second-order valence-electron chi connectivity index (χ2n) is 4.80. The van der Waals surface area contributed by atoms with E-state index in [0.29, 0.717) is 11.0 Å². The summed E-state index contributed by atoms with van der Waals surface area (Å²) in [6, 6.07) is 5.11. The molecule has 8 heteroatoms. The lowest BCUT2D eigenvalue weighted by Gasteiger charge is -2.14. The summed E-state index contributed by atoms with van der Waals surface area (Å²) in [5.41, 5.74) is -0.382. The molecule has 118 valence electrons. The number of benzene rings is 1. The molecular weight excluding hydrogens is 308 g/mol. The van der Waals surface area contributed by atoms with Crippen molar-refractivity contribution in [1.82, 2.24) is 9.97 Å². The number of H-pyrrole nitrogens is 1. The van der Waals surface area contributed by atoms with Gasteiger partial charge in [-0.3, -0.25) is 5.32 Å². The van der Waals surface area contributed by atoms with Crippen LogP contribution in [0.4, 0.5) is 19.3 Å². The summed E-state index contributed by atoms with van der Waals surface area (Å²) in [5.74, 6) is -2.15. The first-order chi connectivity index (χ1) is 11.0. The van der Waals surface area contributed by atoms with E-state index in [-0.39, 0.29) is 5.56 Å². The van der Waals surface area contributed by atoms with Gasteiger partial charge in [0.1, 0.15) is 17.6 Å². The molecule has 1 unspecified atom stereocenters. The summed E-state index contributed by atoms with van der Waals surface area (Å²) in [7, 11) is 0. The fourth-order valence-corrected chi connectivity index (χ4v) is 2.39. The summed E-state index contributed by atoms with van der Waals surface area (Å²) in [5, 5.41) is 21.4. The maximum atomic E-state index is 14.4. The van der Waals surface area contributed by atoms with E-state index >= 15 is 0 Å². The van der Waals surface area contributed by atoms with Gasteiger partial charge >= 0.3 is 6.09 Å². The number of hydrogen-bond donors (Lipinski definition) is 4. The van der Waals surface area contributed by atoms with E-state index < -0.39 is 35.1 Å². The number of aromatic nitrogens is 2. The highest BCUT2D eigenvalue weighted by Gasteiger charge is 2.25. The molecule has 0 fully saturated rings. The fourth-order valence-electron chi connectivity index (χ4n) is 2.39. The third kappa shape index (κ3) is 2.59. The Morgan fingerprint density at radius 1 is 1.30 bits per heavy atom. The minimum absolute atomic E-state index is 0.235. The van der Waals surface area contributed by atoms with E-state index in [1.165, 1.54) is 12.4 Å². The average Bonchev–Trinajstić information content (AvgIpc) is 2.94. The first-order valence-electron chi connectivity index (χ1n) is 6.57. The van der Waals surface area contributed by atoms with Gasteiger partial charge in [-0.25, -0.2) is 18.6 Å². The molecule has 2 heterocycles. The van der Waals surface area contributed by atoms with Crippen molar-refractivity contribution in [3.8, 4) is 0 Å². The number of carbonyl (C=O) groups is 1. The molecule has 0 aliphatic carbocycles. The Bertz CT molecular complexity index is 895. The zero-order chi connectivity index (χ0) is 16.6. The molecule has 6 nitrogen and oxygen atoms in total. The third-order valence-corrected chi connectivity index (χ3v) is 3.42. The monoisotopic (exact) mass is 319 g/mol. The van der Waals surface area contributed by atoms with E-state index in [9.17, 15) is 18.7 Å². The third-order valence-electron chi connectivity index (χ3n) is 3.42. The quantitative estimate of drug-likeness (QED) is 0.596. The van der Waals surface area contributed by atoms with Crippen molar-refractivity contribution >= 4 is 22.8 Å². The van der Waals surface area contributed by atoms with E-state index in [1.54, 1.807) is 12.1 Å². The highest BCUT2D eigenvalue weighted by atomic mass is 19.1. The number of anilines is 1. The Morgan fingerprint density at radius 3 is 2.83 bits per heavy atom. The van der Waals surface area contributed by atoms with Crippen LogP contribution in [0.1, 0.15) is 17.2 Å². The van der Waals surface area contributed by atoms with E-state index in [1.807, 2.05) is 5.32 Å². The summed E-state index contributed by atoms with van der Waals surface area (Å²) in [6.07, 6.45) is -0.178. The number of halogens is 2. The SMILES string of the molecule is O=C(O)Nc1ccc(F)c(C(O)c2c[nH]c3ncccc23)c1F. The Labute approximate surface area is 128 Å². The van der Waals surface area contributed by atoms with Crippen molar-refractivity contribution in [1.29, 1.82) is 0 Å². The van der Waals surface area contributed by atoms with Crippen LogP contribution >= 0.6 is 0 Å². The van der Waals surface area contributed by atoms with Crippen LogP contribution < -0.4 is 5.32 Å². The number of amides is 1. The van der Waals surface area contributed by atoms with Gasteiger partial charge in [-0.05, 0) is 24.3 Å². The van der Waals surface area contributed by atoms with E-state index in [0.717, 1.165) is 12.1 Å². The van der Waals surface area contributed by atoms with E-state index in [4.69, 9.17) is 5.11 Å². The van der Waals surface area contributed by atoms with Crippen LogP contribution in [0.2, 0.25) is 0 Å². The van der Waals surface area contributed by atoms with E-state index in [2.05, 4.69) is 9.97 Å². The molecule has 4 N–H and O–H groups in total. The standard InChI is InChI=1S/C15H11F2N3O3/c16-9-3-4-10(20-15(22)23)12(17)11(9)13(21)8-6-19-14-7(8)2-1-5-18-14/h1-6,13,20-21H,(H,18,19)(H,22,23). The van der Waals surface area contributed by atoms with Gasteiger partial charge in [0.25, 0.3) is 0 Å². The number of carboxylic acid groups (broad SMARTS) is 1. The van der Waals surface area contributed by atoms with Gasteiger partial charge in [0.15, 0.2) is 5.82 Å². The van der Waals surface area contributed by atoms with Crippen molar-refractivity contribution < 1.29 is 23.8 Å². The Balaban J connectivity index is 2.12. The molecule has 0 radical (unpaired) electrons. The number of pyridine rings is 1. The van der Waals surface area contributed by atoms with Gasteiger partial charge in [0, 0.05) is 23.3 Å². The zero-order valence-electron chi connectivity index (χ0n) is 11.5. The number of aliphatic hydroxyl groups excluding tert-OH is 1. The molecule has 0 bridgehead atoms. The van der Waals surface area contributed by atoms with Crippen LogP contribution in [-0.4, -0.2) is 26.3 Å². The Hall–Kier alpha value is -3.00. The van der Waals surface area contributed by atoms with Crippen molar-refractivity contribution in [2.24, 2.45) is 0 Å². The molecule has 0 saturated carbocycles. The predicted molar refractivity (Wildman–Crippen MR) is 78.2 cm³/mol. The maximum Gasteiger partial charge on any atom is 0.409 e. The number of nitrogens with zero attached hydrogens (tertiary/aromatic N) is 1. The number of aromatic amines is 1. The van der Waals surface area contributed by atoms with Gasteiger partial charge in [-0.2, -0.15) is 0 Å². The van der Waals surface area contributed by atoms with Gasteiger partial charge in [0.05, 0.1) is 11.3 Å². The average molecular weight is 319 g/mol. The van der Waals surface area contributed by atoms with Crippen LogP contribution in [0.25, 0.3) is 11.0 Å². The Morgan fingerprint density at radius 2 is 2.09 bits per heavy atom. The fraction of sp³-hybridized carbons (Fsp3) is 0.0667. The summed E-state index contributed by atoms with van der Waals surface area (Å²) >= 11 is 0. The van der Waals surface area contributed by atoms with Crippen LogP contribution in [0, 0.1) is 11.6 Å². The minimum atomic E-state index is -1.62. The Kier molecular flexibility index (Phi) is 3.67. The molecule has 0 aliphatic rings. The molecule has 2 aromatic heterocycles. The molecule has 0 saturated heterocycles. The normalized spacial score (nSPS) is 12.3. The van der Waals surface area contributed by atoms with Crippen molar-refractivity contribution in [2.75, 3.05) is 5.32 Å². The second-order valence-corrected chi connectivity index (χ2v) is 4.80. The highest BCUT2D eigenvalue weighted by molar-refractivity contribution is 5.83. The first kappa shape index (κ1) is 14.9. The molecule has 3 rings (SSSR count). The number of fused-ring (bicyclic) bond motifs is 1. The molecule has 1 atom stereocenters. The highest BCUT2D eigenvalue weighted by Crippen LogP contribution is 2.33. The number of nitrogens with one attached hydrogen (secondary N) is 2. The summed E-state index contributed by atoms with van der Waals surface area (Å²) < 4.78 is 28.4. The van der Waals surface area contributed by atoms with Crippen molar-refractivity contribution in [3.63, 3.8) is 0 Å². The smallest absolute Gasteiger partial charge is 0.409 e. The second kappa shape index (κ2) is 5.65. The van der Waals surface area contributed by atoms with Crippen LogP contribution in [0.15, 0.2) is 36.7 Å². The van der Waals surface area contributed by atoms with Crippen LogP contribution in [0.5, 0.6) is 0 Å². The molecule has 1 amide bonds. The number of aliphatic hydroxyl groups is 1. The largest absolute Gasteiger partial charge is 0.465 e. The van der Waals surface area contributed by atoms with Gasteiger partial charge in [-0.1, -0.05) is 0 Å². The molecule has 23 heavy (non-hydrogen) atoms. The molecule has 0 aliphatic heterocycles. The van der Waals surface area contributed by atoms with Crippen LogP contribution in [-0.2, 0) is 0 Å². The van der Waals surface area contributed by atoms with Gasteiger partial charge in [-0.15, -0.1) is 0 Å². The molecular formula is C15H11F2N3O3. The predicted octanol–water partition coefficient (Wildman–Crippen LogP) is 3.01. The zero-order valence-corrected chi connectivity index (χ0v) is 11.5. The van der Waals surface area contributed by atoms with Gasteiger partial charge < -0.3 is 15.2 Å². The topological polar surface area (TPSA) is 98.2 Å². The number of hydrogen-bond acceptors (Lipinski definition) is 3. The lowest BCUT2D eigenvalue weighted by molar-refractivity contribution is 0.207. The van der Waals surface area contributed by atoms with Crippen molar-refractivity contribution in [2.45, 2.75) is 6.10 Å². The first-order valence-corrected chi connectivity index (χ1v) is 6.57. The van der Waals surface area contributed by atoms with Crippen LogP contribution in [0.3, 0.4) is 0 Å². The summed E-state index contributed by atoms with van der Waals surface area (Å²) in [4.78, 5) is 17.5. The van der Waals surface area contributed by atoms with Crippen molar-refractivity contribution in [3.05, 3.63) is 59.4 Å². The van der Waals surface area contributed by atoms with Gasteiger partial charge in [0.2, 0.25) is 0 Å². The lowest BCUT2D eigenvalue weighted by atomic mass is 10.00. The molecule has 1 aromatic carbocycles. The lowest BCUT2D eigenvalue weighted by Crippen LogP contribution is -2.13. The summed E-state index contributed by atoms with van der Waals surface area (Å²) in [6.45, 7) is 0. The minimum Gasteiger partial charge on any atom is -0.465 e. The molecule has 3 aromatic rings. The maximum absolute atomic E-state index is 14.4.